The van der Waals surface area contributed by atoms with E-state index in [4.69, 9.17) is 26.2 Å². The largest absolute Gasteiger partial charge is 0.497 e. The molecule has 36 heavy (non-hydrogen) atoms. The molecule has 182 valence electrons. The number of nitrogens with zero attached hydrogens (tertiary/aromatic N) is 5. The van der Waals surface area contributed by atoms with E-state index in [2.05, 4.69) is 11.1 Å². The molecule has 0 saturated heterocycles. The molecule has 9 heteroatoms. The van der Waals surface area contributed by atoms with E-state index in [1.54, 1.807) is 72.6 Å². The molecule has 4 rings (SSSR count). The van der Waals surface area contributed by atoms with Crippen molar-refractivity contribution in [1.29, 1.82) is 5.26 Å². The first-order chi connectivity index (χ1) is 17.5. The molecule has 0 fully saturated rings. The Hall–Kier alpha value is -4.35. The minimum atomic E-state index is -0.277. The molecule has 0 bridgehead atoms. The summed E-state index contributed by atoms with van der Waals surface area (Å²) < 4.78 is 12.4. The lowest BCUT2D eigenvalue weighted by atomic mass is 10.1. The van der Waals surface area contributed by atoms with Crippen LogP contribution in [0.2, 0.25) is 5.02 Å². The maximum absolute atomic E-state index is 13.9. The van der Waals surface area contributed by atoms with E-state index in [-0.39, 0.29) is 18.9 Å². The Morgan fingerprint density at radius 2 is 1.97 bits per heavy atom. The summed E-state index contributed by atoms with van der Waals surface area (Å²) in [5.74, 6) is 0.918. The van der Waals surface area contributed by atoms with E-state index >= 15 is 0 Å². The van der Waals surface area contributed by atoms with Crippen molar-refractivity contribution in [2.45, 2.75) is 13.0 Å². The average molecular weight is 502 g/mol. The molecule has 0 saturated carbocycles. The first-order valence-electron chi connectivity index (χ1n) is 11.2. The first kappa shape index (κ1) is 24.8. The van der Waals surface area contributed by atoms with Gasteiger partial charge in [0.25, 0.3) is 5.91 Å². The summed E-state index contributed by atoms with van der Waals surface area (Å²) in [6.07, 6.45) is 3.57. The molecule has 0 unspecified atom stereocenters. The highest BCUT2D eigenvalue weighted by atomic mass is 35.5. The van der Waals surface area contributed by atoms with Crippen LogP contribution < -0.4 is 9.47 Å². The summed E-state index contributed by atoms with van der Waals surface area (Å²) in [7, 11) is 3.15. The van der Waals surface area contributed by atoms with Gasteiger partial charge in [-0.3, -0.25) is 9.78 Å². The second-order valence-electron chi connectivity index (χ2n) is 7.87. The summed E-state index contributed by atoms with van der Waals surface area (Å²) in [4.78, 5) is 19.6. The summed E-state index contributed by atoms with van der Waals surface area (Å²) in [5.41, 5.74) is 3.05. The molecule has 0 radical (unpaired) electrons. The Morgan fingerprint density at radius 3 is 2.67 bits per heavy atom. The second-order valence-corrected chi connectivity index (χ2v) is 8.31. The van der Waals surface area contributed by atoms with Crippen LogP contribution in [0.15, 0.2) is 73.1 Å². The smallest absolute Gasteiger partial charge is 0.272 e. The number of carbonyl (C=O) groups excluding carboxylic acids is 1. The van der Waals surface area contributed by atoms with Gasteiger partial charge in [-0.1, -0.05) is 23.7 Å². The molecule has 1 amide bonds. The van der Waals surface area contributed by atoms with Crippen LogP contribution in [0.1, 0.15) is 22.5 Å². The van der Waals surface area contributed by atoms with Gasteiger partial charge in [0.2, 0.25) is 0 Å². The molecular formula is C27H24ClN5O3. The molecule has 0 aliphatic carbocycles. The van der Waals surface area contributed by atoms with Gasteiger partial charge in [0.05, 0.1) is 38.1 Å². The number of nitriles is 1. The number of halogens is 1. The zero-order chi connectivity index (χ0) is 25.5. The highest BCUT2D eigenvalue weighted by molar-refractivity contribution is 6.30. The number of rotatable bonds is 9. The quantitative estimate of drug-likeness (QED) is 0.314. The molecular weight excluding hydrogens is 478 g/mol. The van der Waals surface area contributed by atoms with Crippen molar-refractivity contribution in [2.24, 2.45) is 0 Å². The number of pyridine rings is 1. The van der Waals surface area contributed by atoms with Crippen LogP contribution in [0.4, 0.5) is 0 Å². The molecule has 0 spiro atoms. The van der Waals surface area contributed by atoms with Crippen molar-refractivity contribution in [3.05, 3.63) is 89.3 Å². The minimum absolute atomic E-state index is 0.191. The maximum atomic E-state index is 13.9. The SMILES string of the molecule is COc1ccc(-c2cc(C(=O)N(CCC#N)Cc3cccnc3)n(-c3cccc(Cl)c3)n2)c(OC)c1. The topological polar surface area (TPSA) is 93.3 Å². The molecule has 4 aromatic rings. The molecule has 0 N–H and O–H groups in total. The number of amides is 1. The standard InChI is InChI=1S/C27H24ClN5O3/c1-35-22-9-10-23(26(15-22)36-2)24-16-25(33(31-24)21-8-3-7-20(28)14-21)27(34)32(13-5-11-29)18-19-6-4-12-30-17-19/h3-4,6-10,12,14-17H,5,13,18H2,1-2H3. The number of hydrogen-bond acceptors (Lipinski definition) is 6. The van der Waals surface area contributed by atoms with Gasteiger partial charge in [-0.15, -0.1) is 0 Å². The Morgan fingerprint density at radius 1 is 1.11 bits per heavy atom. The number of methoxy groups -OCH3 is 2. The predicted molar refractivity (Wildman–Crippen MR) is 136 cm³/mol. The lowest BCUT2D eigenvalue weighted by Gasteiger charge is -2.22. The van der Waals surface area contributed by atoms with Gasteiger partial charge in [-0.2, -0.15) is 10.4 Å². The summed E-state index contributed by atoms with van der Waals surface area (Å²) in [5, 5.41) is 14.5. The van der Waals surface area contributed by atoms with E-state index < -0.39 is 0 Å². The van der Waals surface area contributed by atoms with Gasteiger partial charge in [-0.05, 0) is 48.0 Å². The Labute approximate surface area is 214 Å². The lowest BCUT2D eigenvalue weighted by molar-refractivity contribution is 0.0737. The fourth-order valence-corrected chi connectivity index (χ4v) is 3.98. The van der Waals surface area contributed by atoms with Gasteiger partial charge in [0.1, 0.15) is 17.2 Å². The van der Waals surface area contributed by atoms with Crippen molar-refractivity contribution in [3.8, 4) is 34.5 Å². The van der Waals surface area contributed by atoms with Crippen molar-refractivity contribution < 1.29 is 14.3 Å². The van der Waals surface area contributed by atoms with Crippen LogP contribution >= 0.6 is 11.6 Å². The first-order valence-corrected chi connectivity index (χ1v) is 11.6. The molecule has 0 aliphatic heterocycles. The number of hydrogen-bond donors (Lipinski definition) is 0. The molecule has 0 aliphatic rings. The summed E-state index contributed by atoms with van der Waals surface area (Å²) in [6.45, 7) is 0.558. The Kier molecular flexibility index (Phi) is 7.83. The third-order valence-corrected chi connectivity index (χ3v) is 5.78. The van der Waals surface area contributed by atoms with Crippen LogP contribution in [0.25, 0.3) is 16.9 Å². The molecule has 0 atom stereocenters. The van der Waals surface area contributed by atoms with Gasteiger partial charge < -0.3 is 14.4 Å². The van der Waals surface area contributed by atoms with E-state index in [0.29, 0.717) is 45.7 Å². The minimum Gasteiger partial charge on any atom is -0.497 e. The zero-order valence-corrected chi connectivity index (χ0v) is 20.6. The Balaban J connectivity index is 1.82. The van der Waals surface area contributed by atoms with E-state index in [1.165, 1.54) is 0 Å². The fourth-order valence-electron chi connectivity index (χ4n) is 3.79. The number of ether oxygens (including phenoxy) is 2. The fraction of sp³-hybridized carbons (Fsp3) is 0.185. The van der Waals surface area contributed by atoms with Gasteiger partial charge in [0, 0.05) is 42.1 Å². The third kappa shape index (κ3) is 5.48. The molecule has 8 nitrogen and oxygen atoms in total. The van der Waals surface area contributed by atoms with Crippen LogP contribution in [0.5, 0.6) is 11.5 Å². The highest BCUT2D eigenvalue weighted by Gasteiger charge is 2.24. The van der Waals surface area contributed by atoms with Crippen LogP contribution in [0, 0.1) is 11.3 Å². The maximum Gasteiger partial charge on any atom is 0.272 e. The van der Waals surface area contributed by atoms with Crippen molar-refractivity contribution in [2.75, 3.05) is 20.8 Å². The van der Waals surface area contributed by atoms with Crippen LogP contribution in [-0.2, 0) is 6.54 Å². The monoisotopic (exact) mass is 501 g/mol. The van der Waals surface area contributed by atoms with Crippen LogP contribution in [0.3, 0.4) is 0 Å². The van der Waals surface area contributed by atoms with Crippen molar-refractivity contribution in [3.63, 3.8) is 0 Å². The van der Waals surface area contributed by atoms with Gasteiger partial charge >= 0.3 is 0 Å². The Bertz CT molecular complexity index is 1400. The molecule has 2 aromatic heterocycles. The lowest BCUT2D eigenvalue weighted by Crippen LogP contribution is -2.33. The van der Waals surface area contributed by atoms with Gasteiger partial charge in [0.15, 0.2) is 0 Å². The van der Waals surface area contributed by atoms with Crippen molar-refractivity contribution in [1.82, 2.24) is 19.7 Å². The number of aromatic nitrogens is 3. The highest BCUT2D eigenvalue weighted by Crippen LogP contribution is 2.34. The molecule has 2 aromatic carbocycles. The van der Waals surface area contributed by atoms with Crippen molar-refractivity contribution >= 4 is 17.5 Å². The van der Waals surface area contributed by atoms with Gasteiger partial charge in [-0.25, -0.2) is 4.68 Å². The van der Waals surface area contributed by atoms with E-state index in [0.717, 1.165) is 5.56 Å². The second kappa shape index (κ2) is 11.4. The summed E-state index contributed by atoms with van der Waals surface area (Å²) >= 11 is 6.26. The normalized spacial score (nSPS) is 10.5. The summed E-state index contributed by atoms with van der Waals surface area (Å²) in [6, 6.07) is 20.1. The van der Waals surface area contributed by atoms with E-state index in [9.17, 15) is 10.1 Å². The zero-order valence-electron chi connectivity index (χ0n) is 19.9. The number of benzene rings is 2. The van der Waals surface area contributed by atoms with E-state index in [1.807, 2.05) is 24.3 Å². The van der Waals surface area contributed by atoms with Crippen LogP contribution in [-0.4, -0.2) is 46.3 Å². The third-order valence-electron chi connectivity index (χ3n) is 5.54. The average Bonchev–Trinajstić information content (AvgIpc) is 3.36. The predicted octanol–water partition coefficient (Wildman–Crippen LogP) is 5.16. The number of carbonyl (C=O) groups is 1. The molecule has 2 heterocycles.